The van der Waals surface area contributed by atoms with Crippen LogP contribution in [0.2, 0.25) is 0 Å². The van der Waals surface area contributed by atoms with Crippen LogP contribution in [-0.2, 0) is 25.9 Å². The van der Waals surface area contributed by atoms with Gasteiger partial charge in [0.15, 0.2) is 5.96 Å². The first kappa shape index (κ1) is 18.5. The summed E-state index contributed by atoms with van der Waals surface area (Å²) in [5, 5.41) is 11.3. The van der Waals surface area contributed by atoms with Gasteiger partial charge < -0.3 is 10.6 Å². The fraction of sp³-hybridized carbons (Fsp3) is 0.524. The molecule has 0 spiro atoms. The molecule has 2 N–H and O–H groups in total. The largest absolute Gasteiger partial charge is 0.357 e. The van der Waals surface area contributed by atoms with Gasteiger partial charge in [-0.05, 0) is 69.2 Å². The summed E-state index contributed by atoms with van der Waals surface area (Å²) in [6.07, 6.45) is 4.77. The minimum atomic E-state index is 0.722. The Bertz CT molecular complexity index is 760. The summed E-state index contributed by atoms with van der Waals surface area (Å²) in [4.78, 5) is 4.75. The third-order valence-corrected chi connectivity index (χ3v) is 4.87. The van der Waals surface area contributed by atoms with E-state index >= 15 is 0 Å². The van der Waals surface area contributed by atoms with Gasteiger partial charge in [0.25, 0.3) is 0 Å². The van der Waals surface area contributed by atoms with Gasteiger partial charge in [0.05, 0.1) is 12.2 Å². The first-order valence-electron chi connectivity index (χ1n) is 9.79. The smallest absolute Gasteiger partial charge is 0.191 e. The minimum Gasteiger partial charge on any atom is -0.357 e. The Kier molecular flexibility index (Phi) is 6.31. The molecule has 0 bridgehead atoms. The quantitative estimate of drug-likeness (QED) is 0.457. The second-order valence-corrected chi connectivity index (χ2v) is 7.08. The number of fused-ring (bicyclic) bond motifs is 1. The summed E-state index contributed by atoms with van der Waals surface area (Å²) < 4.78 is 2.08. The van der Waals surface area contributed by atoms with Crippen molar-refractivity contribution in [2.24, 2.45) is 4.99 Å². The number of nitrogens with zero attached hydrogens (tertiary/aromatic N) is 3. The molecule has 5 nitrogen and oxygen atoms in total. The lowest BCUT2D eigenvalue weighted by Crippen LogP contribution is -2.38. The number of aromatic nitrogens is 2. The highest BCUT2D eigenvalue weighted by Gasteiger charge is 2.10. The van der Waals surface area contributed by atoms with Gasteiger partial charge in [0, 0.05) is 25.3 Å². The van der Waals surface area contributed by atoms with Gasteiger partial charge in [0.2, 0.25) is 0 Å². The van der Waals surface area contributed by atoms with Crippen molar-refractivity contribution in [3.63, 3.8) is 0 Å². The zero-order valence-electron chi connectivity index (χ0n) is 16.3. The van der Waals surface area contributed by atoms with Crippen LogP contribution in [0.1, 0.15) is 47.8 Å². The molecule has 26 heavy (non-hydrogen) atoms. The highest BCUT2D eigenvalue weighted by atomic mass is 15.3. The van der Waals surface area contributed by atoms with Crippen molar-refractivity contribution in [3.8, 4) is 0 Å². The fourth-order valence-corrected chi connectivity index (χ4v) is 3.57. The van der Waals surface area contributed by atoms with Crippen molar-refractivity contribution in [1.82, 2.24) is 20.4 Å². The van der Waals surface area contributed by atoms with Gasteiger partial charge in [-0.3, -0.25) is 4.68 Å². The first-order valence-corrected chi connectivity index (χ1v) is 9.79. The highest BCUT2D eigenvalue weighted by Crippen LogP contribution is 2.23. The Morgan fingerprint density at radius 1 is 1.15 bits per heavy atom. The Morgan fingerprint density at radius 2 is 2.00 bits per heavy atom. The summed E-state index contributed by atoms with van der Waals surface area (Å²) in [7, 11) is 0. The van der Waals surface area contributed by atoms with Crippen LogP contribution in [0.3, 0.4) is 0 Å². The van der Waals surface area contributed by atoms with E-state index in [0.717, 1.165) is 44.3 Å². The molecule has 0 radical (unpaired) electrons. The third-order valence-electron chi connectivity index (χ3n) is 4.87. The standard InChI is InChI=1S/C21H31N5/c1-4-22-21(23-11-6-12-26-17(3)13-16(2)25-26)24-15-18-9-10-19-7-5-8-20(19)14-18/h9-10,13-14H,4-8,11-12,15H2,1-3H3,(H2,22,23,24). The molecule has 0 saturated carbocycles. The maximum absolute atomic E-state index is 4.75. The summed E-state index contributed by atoms with van der Waals surface area (Å²) in [5.74, 6) is 0.890. The average Bonchev–Trinajstić information content (AvgIpc) is 3.21. The van der Waals surface area contributed by atoms with Gasteiger partial charge >= 0.3 is 0 Å². The van der Waals surface area contributed by atoms with Crippen molar-refractivity contribution in [2.45, 2.75) is 59.5 Å². The van der Waals surface area contributed by atoms with E-state index in [-0.39, 0.29) is 0 Å². The van der Waals surface area contributed by atoms with Crippen LogP contribution < -0.4 is 10.6 Å². The van der Waals surface area contributed by atoms with E-state index in [1.807, 2.05) is 6.92 Å². The normalized spacial score (nSPS) is 13.7. The summed E-state index contributed by atoms with van der Waals surface area (Å²) >= 11 is 0. The Labute approximate surface area is 156 Å². The predicted octanol–water partition coefficient (Wildman–Crippen LogP) is 3.13. The zero-order chi connectivity index (χ0) is 18.4. The number of aliphatic imine (C=N–C) groups is 1. The molecule has 1 aliphatic rings. The Balaban J connectivity index is 1.50. The van der Waals surface area contributed by atoms with Gasteiger partial charge in [-0.25, -0.2) is 4.99 Å². The zero-order valence-corrected chi connectivity index (χ0v) is 16.3. The molecule has 2 aromatic rings. The number of guanidine groups is 1. The molecule has 0 amide bonds. The van der Waals surface area contributed by atoms with E-state index in [0.29, 0.717) is 0 Å². The number of rotatable bonds is 7. The number of nitrogens with one attached hydrogen (secondary N) is 2. The Hall–Kier alpha value is -2.30. The van der Waals surface area contributed by atoms with Crippen molar-refractivity contribution in [2.75, 3.05) is 13.1 Å². The second kappa shape index (κ2) is 8.88. The summed E-state index contributed by atoms with van der Waals surface area (Å²) in [6, 6.07) is 8.95. The van der Waals surface area contributed by atoms with Gasteiger partial charge in [-0.1, -0.05) is 18.2 Å². The summed E-state index contributed by atoms with van der Waals surface area (Å²) in [6.45, 7) is 9.65. The lowest BCUT2D eigenvalue weighted by molar-refractivity contribution is 0.555. The molecular weight excluding hydrogens is 322 g/mol. The molecule has 5 heteroatoms. The van der Waals surface area contributed by atoms with E-state index < -0.39 is 0 Å². The van der Waals surface area contributed by atoms with E-state index in [9.17, 15) is 0 Å². The topological polar surface area (TPSA) is 54.2 Å². The maximum Gasteiger partial charge on any atom is 0.191 e. The minimum absolute atomic E-state index is 0.722. The molecule has 140 valence electrons. The molecule has 0 unspecified atom stereocenters. The highest BCUT2D eigenvalue weighted by molar-refractivity contribution is 5.79. The lowest BCUT2D eigenvalue weighted by atomic mass is 10.1. The van der Waals surface area contributed by atoms with E-state index in [4.69, 9.17) is 4.99 Å². The Morgan fingerprint density at radius 3 is 2.77 bits per heavy atom. The first-order chi connectivity index (χ1) is 12.7. The van der Waals surface area contributed by atoms with Crippen LogP contribution in [0, 0.1) is 13.8 Å². The van der Waals surface area contributed by atoms with E-state index in [1.54, 1.807) is 0 Å². The molecule has 1 aromatic carbocycles. The monoisotopic (exact) mass is 353 g/mol. The van der Waals surface area contributed by atoms with Gasteiger partial charge in [0.1, 0.15) is 0 Å². The molecule has 0 fully saturated rings. The number of hydrogen-bond acceptors (Lipinski definition) is 2. The van der Waals surface area contributed by atoms with Crippen molar-refractivity contribution < 1.29 is 0 Å². The van der Waals surface area contributed by atoms with Crippen LogP contribution in [-0.4, -0.2) is 28.8 Å². The molecular formula is C21H31N5. The molecule has 1 aliphatic carbocycles. The summed E-state index contributed by atoms with van der Waals surface area (Å²) in [5.41, 5.74) is 6.64. The van der Waals surface area contributed by atoms with Crippen molar-refractivity contribution in [1.29, 1.82) is 0 Å². The fourth-order valence-electron chi connectivity index (χ4n) is 3.57. The van der Waals surface area contributed by atoms with Crippen LogP contribution in [0.5, 0.6) is 0 Å². The number of benzene rings is 1. The molecule has 0 atom stereocenters. The van der Waals surface area contributed by atoms with Gasteiger partial charge in [-0.2, -0.15) is 5.10 Å². The lowest BCUT2D eigenvalue weighted by Gasteiger charge is -2.12. The molecule has 1 aromatic heterocycles. The van der Waals surface area contributed by atoms with E-state index in [1.165, 1.54) is 41.6 Å². The molecule has 0 aliphatic heterocycles. The van der Waals surface area contributed by atoms with Crippen LogP contribution in [0.25, 0.3) is 0 Å². The van der Waals surface area contributed by atoms with Crippen molar-refractivity contribution in [3.05, 3.63) is 52.3 Å². The van der Waals surface area contributed by atoms with Gasteiger partial charge in [-0.15, -0.1) is 0 Å². The van der Waals surface area contributed by atoms with E-state index in [2.05, 4.69) is 58.5 Å². The van der Waals surface area contributed by atoms with Crippen molar-refractivity contribution >= 4 is 5.96 Å². The number of aryl methyl sites for hydroxylation is 5. The third kappa shape index (κ3) is 4.87. The molecule has 3 rings (SSSR count). The van der Waals surface area contributed by atoms with Crippen LogP contribution in [0.4, 0.5) is 0 Å². The van der Waals surface area contributed by atoms with Crippen LogP contribution in [0.15, 0.2) is 29.3 Å². The number of hydrogen-bond donors (Lipinski definition) is 2. The molecule has 1 heterocycles. The predicted molar refractivity (Wildman–Crippen MR) is 108 cm³/mol. The van der Waals surface area contributed by atoms with Crippen LogP contribution >= 0.6 is 0 Å². The SMILES string of the molecule is CCNC(=NCc1ccc2c(c1)CCC2)NCCCn1nc(C)cc1C. The maximum atomic E-state index is 4.75. The second-order valence-electron chi connectivity index (χ2n) is 7.08. The average molecular weight is 354 g/mol. The molecule has 0 saturated heterocycles.